The molecule has 1 N–H and O–H groups in total. The Morgan fingerprint density at radius 2 is 2.00 bits per heavy atom. The van der Waals surface area contributed by atoms with Gasteiger partial charge in [0, 0.05) is 11.8 Å². The normalized spacial score (nSPS) is 10.7. The number of anilines is 1. The van der Waals surface area contributed by atoms with Gasteiger partial charge in [0.25, 0.3) is 5.22 Å². The molecule has 0 aliphatic heterocycles. The van der Waals surface area contributed by atoms with E-state index in [9.17, 15) is 4.79 Å². The number of amides is 1. The van der Waals surface area contributed by atoms with Crippen molar-refractivity contribution in [3.05, 3.63) is 35.5 Å². The molecule has 130 valence electrons. The van der Waals surface area contributed by atoms with Gasteiger partial charge in [-0.2, -0.15) is 4.98 Å². The lowest BCUT2D eigenvalue weighted by Crippen LogP contribution is -2.14. The number of pyridine rings is 1. The predicted octanol–water partition coefficient (Wildman–Crippen LogP) is 3.62. The van der Waals surface area contributed by atoms with Crippen molar-refractivity contribution in [2.45, 2.75) is 5.22 Å². The Morgan fingerprint density at radius 3 is 2.76 bits per heavy atom. The first kappa shape index (κ1) is 17.4. The molecule has 9 heteroatoms. The van der Waals surface area contributed by atoms with E-state index in [1.807, 2.05) is 0 Å². The predicted molar refractivity (Wildman–Crippen MR) is 95.7 cm³/mol. The Labute approximate surface area is 152 Å². The average molecular weight is 380 g/mol. The standard InChI is InChI=1S/C16H14ClN3O4S/c1-22-11-5-3-9(7-12(11)23-2)18-14(21)8-25-16-19-10-4-6-13(17)20-15(10)24-16/h3-7H,8H2,1-2H3,(H,18,21). The van der Waals surface area contributed by atoms with Gasteiger partial charge >= 0.3 is 0 Å². The summed E-state index contributed by atoms with van der Waals surface area (Å²) in [5.41, 5.74) is 1.54. The summed E-state index contributed by atoms with van der Waals surface area (Å²) in [6.07, 6.45) is 0. The van der Waals surface area contributed by atoms with Crippen LogP contribution in [0.15, 0.2) is 40.0 Å². The van der Waals surface area contributed by atoms with Crippen LogP contribution >= 0.6 is 23.4 Å². The first-order chi connectivity index (χ1) is 12.1. The molecular weight excluding hydrogens is 366 g/mol. The molecular formula is C16H14ClN3O4S. The van der Waals surface area contributed by atoms with Crippen LogP contribution in [0.3, 0.4) is 0 Å². The average Bonchev–Trinajstić information content (AvgIpc) is 3.01. The molecule has 7 nitrogen and oxygen atoms in total. The quantitative estimate of drug-likeness (QED) is 0.517. The summed E-state index contributed by atoms with van der Waals surface area (Å²) in [4.78, 5) is 20.4. The van der Waals surface area contributed by atoms with Crippen molar-refractivity contribution in [2.75, 3.05) is 25.3 Å². The second kappa shape index (κ2) is 7.62. The van der Waals surface area contributed by atoms with Crippen LogP contribution in [0.4, 0.5) is 5.69 Å². The Kier molecular flexibility index (Phi) is 5.30. The fourth-order valence-corrected chi connectivity index (χ4v) is 2.84. The molecule has 25 heavy (non-hydrogen) atoms. The van der Waals surface area contributed by atoms with Crippen molar-refractivity contribution in [1.82, 2.24) is 9.97 Å². The van der Waals surface area contributed by atoms with Crippen molar-refractivity contribution in [1.29, 1.82) is 0 Å². The summed E-state index contributed by atoms with van der Waals surface area (Å²) >= 11 is 6.97. The molecule has 1 aromatic carbocycles. The maximum Gasteiger partial charge on any atom is 0.258 e. The molecule has 0 bridgehead atoms. The SMILES string of the molecule is COc1ccc(NC(=O)CSc2nc3ccc(Cl)nc3o2)cc1OC. The fourth-order valence-electron chi connectivity index (χ4n) is 2.07. The number of nitrogens with one attached hydrogen (secondary N) is 1. The summed E-state index contributed by atoms with van der Waals surface area (Å²) in [6.45, 7) is 0. The molecule has 0 saturated carbocycles. The summed E-state index contributed by atoms with van der Waals surface area (Å²) in [6, 6.07) is 8.48. The number of rotatable bonds is 6. The van der Waals surface area contributed by atoms with Gasteiger partial charge in [0.1, 0.15) is 10.7 Å². The zero-order valence-electron chi connectivity index (χ0n) is 13.4. The van der Waals surface area contributed by atoms with Gasteiger partial charge in [-0.3, -0.25) is 4.79 Å². The van der Waals surface area contributed by atoms with Gasteiger partial charge < -0.3 is 19.2 Å². The van der Waals surface area contributed by atoms with Gasteiger partial charge in [-0.25, -0.2) is 4.98 Å². The summed E-state index contributed by atoms with van der Waals surface area (Å²) in [7, 11) is 3.09. The molecule has 0 unspecified atom stereocenters. The Balaban J connectivity index is 1.62. The highest BCUT2D eigenvalue weighted by Crippen LogP contribution is 2.30. The Bertz CT molecular complexity index is 916. The molecule has 2 heterocycles. The molecule has 0 saturated heterocycles. The van der Waals surface area contributed by atoms with Crippen LogP contribution in [0.25, 0.3) is 11.2 Å². The van der Waals surface area contributed by atoms with E-state index in [1.54, 1.807) is 37.4 Å². The minimum absolute atomic E-state index is 0.134. The van der Waals surface area contributed by atoms with E-state index in [0.717, 1.165) is 0 Å². The minimum atomic E-state index is -0.203. The molecule has 0 radical (unpaired) electrons. The van der Waals surface area contributed by atoms with Gasteiger partial charge in [0.05, 0.1) is 20.0 Å². The number of methoxy groups -OCH3 is 2. The van der Waals surface area contributed by atoms with Crippen LogP contribution in [0.1, 0.15) is 0 Å². The van der Waals surface area contributed by atoms with Gasteiger partial charge in [0.15, 0.2) is 11.5 Å². The molecule has 0 spiro atoms. The van der Waals surface area contributed by atoms with E-state index < -0.39 is 0 Å². The minimum Gasteiger partial charge on any atom is -0.493 e. The third kappa shape index (κ3) is 4.15. The zero-order valence-corrected chi connectivity index (χ0v) is 15.0. The highest BCUT2D eigenvalue weighted by Gasteiger charge is 2.12. The molecule has 3 rings (SSSR count). The topological polar surface area (TPSA) is 86.5 Å². The molecule has 2 aromatic heterocycles. The van der Waals surface area contributed by atoms with Gasteiger partial charge in [-0.15, -0.1) is 0 Å². The monoisotopic (exact) mass is 379 g/mol. The molecule has 0 atom stereocenters. The first-order valence-corrected chi connectivity index (χ1v) is 8.53. The lowest BCUT2D eigenvalue weighted by Gasteiger charge is -2.10. The lowest BCUT2D eigenvalue weighted by molar-refractivity contribution is -0.113. The van der Waals surface area contributed by atoms with Crippen LogP contribution < -0.4 is 14.8 Å². The highest BCUT2D eigenvalue weighted by molar-refractivity contribution is 7.99. The smallest absolute Gasteiger partial charge is 0.258 e. The summed E-state index contributed by atoms with van der Waals surface area (Å²) in [5.74, 6) is 1.06. The summed E-state index contributed by atoms with van der Waals surface area (Å²) < 4.78 is 15.8. The van der Waals surface area contributed by atoms with Crippen molar-refractivity contribution in [3.8, 4) is 11.5 Å². The molecule has 0 fully saturated rings. The Hall–Kier alpha value is -2.45. The van der Waals surface area contributed by atoms with E-state index in [2.05, 4.69) is 15.3 Å². The second-order valence-electron chi connectivity index (χ2n) is 4.84. The number of carbonyl (C=O) groups excluding carboxylic acids is 1. The first-order valence-electron chi connectivity index (χ1n) is 7.17. The van der Waals surface area contributed by atoms with Crippen molar-refractivity contribution in [3.63, 3.8) is 0 Å². The number of benzene rings is 1. The maximum atomic E-state index is 12.1. The number of nitrogens with zero attached hydrogens (tertiary/aromatic N) is 2. The third-order valence-corrected chi connectivity index (χ3v) is 4.23. The second-order valence-corrected chi connectivity index (χ2v) is 6.16. The molecule has 0 aliphatic rings. The van der Waals surface area contributed by atoms with Gasteiger partial charge in [0.2, 0.25) is 11.6 Å². The van der Waals surface area contributed by atoms with Gasteiger partial charge in [-0.05, 0) is 24.3 Å². The van der Waals surface area contributed by atoms with E-state index in [4.69, 9.17) is 25.5 Å². The maximum absolute atomic E-state index is 12.1. The number of fused-ring (bicyclic) bond motifs is 1. The van der Waals surface area contributed by atoms with Crippen LogP contribution in [-0.2, 0) is 4.79 Å². The van der Waals surface area contributed by atoms with Crippen LogP contribution in [0.2, 0.25) is 5.15 Å². The number of halogens is 1. The van der Waals surface area contributed by atoms with Crippen LogP contribution in [-0.4, -0.2) is 35.8 Å². The molecule has 0 aliphatic carbocycles. The zero-order chi connectivity index (χ0) is 17.8. The third-order valence-electron chi connectivity index (χ3n) is 3.20. The molecule has 3 aromatic rings. The number of hydrogen-bond donors (Lipinski definition) is 1. The number of ether oxygens (including phenoxy) is 2. The lowest BCUT2D eigenvalue weighted by atomic mass is 10.2. The van der Waals surface area contributed by atoms with E-state index in [1.165, 1.54) is 18.9 Å². The van der Waals surface area contributed by atoms with Crippen LogP contribution in [0.5, 0.6) is 11.5 Å². The van der Waals surface area contributed by atoms with E-state index in [0.29, 0.717) is 38.8 Å². The van der Waals surface area contributed by atoms with Crippen molar-refractivity contribution < 1.29 is 18.7 Å². The van der Waals surface area contributed by atoms with Crippen LogP contribution in [0, 0.1) is 0 Å². The Morgan fingerprint density at radius 1 is 1.20 bits per heavy atom. The van der Waals surface area contributed by atoms with E-state index in [-0.39, 0.29) is 11.7 Å². The van der Waals surface area contributed by atoms with Gasteiger partial charge in [-0.1, -0.05) is 23.4 Å². The number of aromatic nitrogens is 2. The summed E-state index contributed by atoms with van der Waals surface area (Å²) in [5, 5.41) is 3.46. The number of hydrogen-bond acceptors (Lipinski definition) is 7. The molecule has 1 amide bonds. The van der Waals surface area contributed by atoms with E-state index >= 15 is 0 Å². The number of thioether (sulfide) groups is 1. The number of carbonyl (C=O) groups is 1. The van der Waals surface area contributed by atoms with Crippen molar-refractivity contribution in [2.24, 2.45) is 0 Å². The highest BCUT2D eigenvalue weighted by atomic mass is 35.5. The number of oxazole rings is 1. The van der Waals surface area contributed by atoms with Crippen molar-refractivity contribution >= 4 is 46.2 Å². The largest absolute Gasteiger partial charge is 0.493 e. The fraction of sp³-hybridized carbons (Fsp3) is 0.188.